The van der Waals surface area contributed by atoms with Gasteiger partial charge in [-0.25, -0.2) is 13.1 Å². The average molecular weight is 466 g/mol. The number of amides is 1. The van der Waals surface area contributed by atoms with Crippen LogP contribution >= 0.6 is 0 Å². The second-order valence-electron chi connectivity index (χ2n) is 8.13. The van der Waals surface area contributed by atoms with Crippen LogP contribution in [0.25, 0.3) is 11.0 Å². The minimum Gasteiger partial charge on any atom is -0.489 e. The van der Waals surface area contributed by atoms with E-state index in [4.69, 9.17) is 9.15 Å². The number of furan rings is 1. The number of aryl methyl sites for hydroxylation is 1. The van der Waals surface area contributed by atoms with Gasteiger partial charge in [0, 0.05) is 17.0 Å². The molecule has 1 unspecified atom stereocenters. The fourth-order valence-corrected chi connectivity index (χ4v) is 5.82. The SMILES string of the molecule is Cc1cc(NC(=O)c2oc3ccccc3c2COc2ccccc2)n(C2CCS(=O)(=O)C2)n1. The Hall–Kier alpha value is -3.59. The number of para-hydroxylation sites is 2. The van der Waals surface area contributed by atoms with Crippen molar-refractivity contribution in [1.82, 2.24) is 9.78 Å². The third-order valence-corrected chi connectivity index (χ3v) is 7.44. The lowest BCUT2D eigenvalue weighted by Crippen LogP contribution is -2.20. The topological polar surface area (TPSA) is 103 Å². The van der Waals surface area contributed by atoms with Gasteiger partial charge < -0.3 is 14.5 Å². The van der Waals surface area contributed by atoms with E-state index in [0.29, 0.717) is 34.8 Å². The molecule has 170 valence electrons. The Kier molecular flexibility index (Phi) is 5.41. The van der Waals surface area contributed by atoms with Crippen molar-refractivity contribution in [3.8, 4) is 5.75 Å². The van der Waals surface area contributed by atoms with Crippen LogP contribution in [0.3, 0.4) is 0 Å². The number of aromatic nitrogens is 2. The summed E-state index contributed by atoms with van der Waals surface area (Å²) in [6.07, 6.45) is 0.465. The molecule has 1 fully saturated rings. The number of anilines is 1. The predicted molar refractivity (Wildman–Crippen MR) is 124 cm³/mol. The third kappa shape index (κ3) is 4.36. The van der Waals surface area contributed by atoms with E-state index in [1.54, 1.807) is 23.7 Å². The second kappa shape index (κ2) is 8.40. The molecule has 1 amide bonds. The van der Waals surface area contributed by atoms with E-state index < -0.39 is 15.7 Å². The standard InChI is InChI=1S/C24H23N3O5S/c1-16-13-22(27(26-16)17-11-12-33(29,30)15-17)25-24(28)23-20(14-31-18-7-3-2-4-8-18)19-9-5-6-10-21(19)32-23/h2-10,13,17H,11-12,14-15H2,1H3,(H,25,28). The monoisotopic (exact) mass is 465 g/mol. The first-order valence-electron chi connectivity index (χ1n) is 10.7. The molecule has 1 aliphatic rings. The van der Waals surface area contributed by atoms with Crippen LogP contribution in [0.2, 0.25) is 0 Å². The molecule has 2 aromatic heterocycles. The molecular formula is C24H23N3O5S. The largest absolute Gasteiger partial charge is 0.489 e. The molecule has 0 aliphatic carbocycles. The van der Waals surface area contributed by atoms with E-state index in [0.717, 1.165) is 5.39 Å². The minimum absolute atomic E-state index is 0.0117. The number of nitrogens with zero attached hydrogens (tertiary/aromatic N) is 2. The first kappa shape index (κ1) is 21.3. The maximum atomic E-state index is 13.3. The van der Waals surface area contributed by atoms with Crippen LogP contribution in [-0.4, -0.2) is 35.6 Å². The van der Waals surface area contributed by atoms with E-state index >= 15 is 0 Å². The quantitative estimate of drug-likeness (QED) is 0.459. The Bertz CT molecular complexity index is 1420. The third-order valence-electron chi connectivity index (χ3n) is 5.68. The summed E-state index contributed by atoms with van der Waals surface area (Å²) in [6.45, 7) is 1.96. The molecule has 8 nitrogen and oxygen atoms in total. The highest BCUT2D eigenvalue weighted by atomic mass is 32.2. The molecule has 0 saturated carbocycles. The summed E-state index contributed by atoms with van der Waals surface area (Å²) in [5, 5.41) is 8.09. The lowest BCUT2D eigenvalue weighted by molar-refractivity contribution is 0.0994. The van der Waals surface area contributed by atoms with E-state index in [1.165, 1.54) is 0 Å². The molecule has 3 heterocycles. The molecule has 1 atom stereocenters. The van der Waals surface area contributed by atoms with Gasteiger partial charge in [0.05, 0.1) is 23.2 Å². The van der Waals surface area contributed by atoms with Gasteiger partial charge in [0.15, 0.2) is 15.6 Å². The zero-order valence-corrected chi connectivity index (χ0v) is 18.8. The van der Waals surface area contributed by atoms with Gasteiger partial charge in [0.1, 0.15) is 23.8 Å². The molecule has 1 N–H and O–H groups in total. The normalized spacial score (nSPS) is 17.3. The lowest BCUT2D eigenvalue weighted by atomic mass is 10.1. The zero-order chi connectivity index (χ0) is 23.0. The van der Waals surface area contributed by atoms with Crippen molar-refractivity contribution in [2.24, 2.45) is 0 Å². The zero-order valence-electron chi connectivity index (χ0n) is 18.0. The maximum absolute atomic E-state index is 13.3. The van der Waals surface area contributed by atoms with Gasteiger partial charge in [-0.1, -0.05) is 36.4 Å². The van der Waals surface area contributed by atoms with Gasteiger partial charge in [-0.2, -0.15) is 5.10 Å². The van der Waals surface area contributed by atoms with Crippen LogP contribution in [0.4, 0.5) is 5.82 Å². The fraction of sp³-hybridized carbons (Fsp3) is 0.250. The summed E-state index contributed by atoms with van der Waals surface area (Å²) in [5.41, 5.74) is 1.91. The van der Waals surface area contributed by atoms with Crippen LogP contribution in [0.5, 0.6) is 5.75 Å². The van der Waals surface area contributed by atoms with Gasteiger partial charge in [-0.15, -0.1) is 0 Å². The highest BCUT2D eigenvalue weighted by Crippen LogP contribution is 2.30. The fourth-order valence-electron chi connectivity index (χ4n) is 4.13. The summed E-state index contributed by atoms with van der Waals surface area (Å²) in [5.74, 6) is 0.962. The maximum Gasteiger partial charge on any atom is 0.292 e. The smallest absolute Gasteiger partial charge is 0.292 e. The number of benzene rings is 2. The Labute approximate surface area is 191 Å². The number of hydrogen-bond donors (Lipinski definition) is 1. The van der Waals surface area contributed by atoms with Gasteiger partial charge in [-0.05, 0) is 31.5 Å². The number of sulfone groups is 1. The van der Waals surface area contributed by atoms with E-state index in [2.05, 4.69) is 10.4 Å². The van der Waals surface area contributed by atoms with Crippen molar-refractivity contribution < 1.29 is 22.4 Å². The van der Waals surface area contributed by atoms with Crippen molar-refractivity contribution in [1.29, 1.82) is 0 Å². The van der Waals surface area contributed by atoms with Crippen LogP contribution in [0.15, 0.2) is 65.1 Å². The van der Waals surface area contributed by atoms with Crippen molar-refractivity contribution in [2.75, 3.05) is 16.8 Å². The van der Waals surface area contributed by atoms with Crippen molar-refractivity contribution in [2.45, 2.75) is 26.0 Å². The molecule has 5 rings (SSSR count). The Morgan fingerprint density at radius 3 is 2.70 bits per heavy atom. The molecule has 4 aromatic rings. The van der Waals surface area contributed by atoms with Crippen LogP contribution in [0, 0.1) is 6.92 Å². The average Bonchev–Trinajstić information content (AvgIpc) is 3.47. The molecule has 0 radical (unpaired) electrons. The molecular weight excluding hydrogens is 442 g/mol. The van der Waals surface area contributed by atoms with Crippen LogP contribution < -0.4 is 10.1 Å². The number of hydrogen-bond acceptors (Lipinski definition) is 6. The Balaban J connectivity index is 1.45. The highest BCUT2D eigenvalue weighted by Gasteiger charge is 2.32. The van der Waals surface area contributed by atoms with E-state index in [9.17, 15) is 13.2 Å². The lowest BCUT2D eigenvalue weighted by Gasteiger charge is -2.13. The van der Waals surface area contributed by atoms with Gasteiger partial charge in [0.2, 0.25) is 0 Å². The summed E-state index contributed by atoms with van der Waals surface area (Å²) in [7, 11) is -3.10. The number of fused-ring (bicyclic) bond motifs is 1. The highest BCUT2D eigenvalue weighted by molar-refractivity contribution is 7.91. The number of carbonyl (C=O) groups excluding carboxylic acids is 1. The van der Waals surface area contributed by atoms with E-state index in [-0.39, 0.29) is 29.9 Å². The van der Waals surface area contributed by atoms with E-state index in [1.807, 2.05) is 48.5 Å². The van der Waals surface area contributed by atoms with Crippen LogP contribution in [-0.2, 0) is 16.4 Å². The number of carbonyl (C=O) groups is 1. The van der Waals surface area contributed by atoms with Crippen molar-refractivity contribution in [3.63, 3.8) is 0 Å². The molecule has 33 heavy (non-hydrogen) atoms. The molecule has 1 saturated heterocycles. The first-order valence-corrected chi connectivity index (χ1v) is 12.5. The van der Waals surface area contributed by atoms with Gasteiger partial charge >= 0.3 is 0 Å². The molecule has 9 heteroatoms. The van der Waals surface area contributed by atoms with Crippen molar-refractivity contribution >= 4 is 32.5 Å². The minimum atomic E-state index is -3.10. The Morgan fingerprint density at radius 1 is 1.18 bits per heavy atom. The molecule has 2 aromatic carbocycles. The number of ether oxygens (including phenoxy) is 1. The van der Waals surface area contributed by atoms with Gasteiger partial charge in [-0.3, -0.25) is 4.79 Å². The summed E-state index contributed by atoms with van der Waals surface area (Å²) < 4.78 is 37.3. The molecule has 1 aliphatic heterocycles. The molecule has 0 bridgehead atoms. The van der Waals surface area contributed by atoms with Gasteiger partial charge in [0.25, 0.3) is 5.91 Å². The van der Waals surface area contributed by atoms with Crippen molar-refractivity contribution in [3.05, 3.63) is 77.7 Å². The number of nitrogens with one attached hydrogen (secondary N) is 1. The summed E-state index contributed by atoms with van der Waals surface area (Å²) in [4.78, 5) is 13.3. The summed E-state index contributed by atoms with van der Waals surface area (Å²) >= 11 is 0. The molecule has 0 spiro atoms. The number of rotatable bonds is 6. The second-order valence-corrected chi connectivity index (χ2v) is 10.4. The van der Waals surface area contributed by atoms with Crippen LogP contribution in [0.1, 0.15) is 34.3 Å². The Morgan fingerprint density at radius 2 is 1.94 bits per heavy atom. The predicted octanol–water partition coefficient (Wildman–Crippen LogP) is 4.13. The summed E-state index contributed by atoms with van der Waals surface area (Å²) in [6, 6.07) is 18.2. The first-order chi connectivity index (χ1) is 15.9.